The van der Waals surface area contributed by atoms with Crippen LogP contribution >= 0.6 is 0 Å². The minimum atomic E-state index is -1.01. The first-order valence-corrected chi connectivity index (χ1v) is 7.23. The van der Waals surface area contributed by atoms with E-state index in [0.717, 1.165) is 5.69 Å². The van der Waals surface area contributed by atoms with Crippen LogP contribution in [0.2, 0.25) is 0 Å². The van der Waals surface area contributed by atoms with Crippen LogP contribution in [0, 0.1) is 11.3 Å². The summed E-state index contributed by atoms with van der Waals surface area (Å²) >= 11 is 0. The van der Waals surface area contributed by atoms with Crippen molar-refractivity contribution in [3.63, 3.8) is 0 Å². The standard InChI is InChI=1S/C19H13N3O2/c20-12-15-10-13(18-11-14(19(23)24)8-9-21-18)6-7-17(15)22-16-4-2-1-3-5-16/h1-11,22H,(H,23,24). The number of nitrogens with zero attached hydrogens (tertiary/aromatic N) is 2. The monoisotopic (exact) mass is 315 g/mol. The molecule has 0 fully saturated rings. The van der Waals surface area contributed by atoms with Crippen LogP contribution in [0.1, 0.15) is 15.9 Å². The number of pyridine rings is 1. The van der Waals surface area contributed by atoms with Gasteiger partial charge < -0.3 is 10.4 Å². The Balaban J connectivity index is 1.96. The minimum Gasteiger partial charge on any atom is -0.478 e. The largest absolute Gasteiger partial charge is 0.478 e. The second kappa shape index (κ2) is 6.63. The van der Waals surface area contributed by atoms with Crippen LogP contribution in [0.4, 0.5) is 11.4 Å². The quantitative estimate of drug-likeness (QED) is 0.758. The number of nitrogens with one attached hydrogen (secondary N) is 1. The number of rotatable bonds is 4. The van der Waals surface area contributed by atoms with E-state index in [1.165, 1.54) is 18.3 Å². The van der Waals surface area contributed by atoms with Gasteiger partial charge in [-0.15, -0.1) is 0 Å². The molecular formula is C19H13N3O2. The lowest BCUT2D eigenvalue weighted by molar-refractivity contribution is 0.0697. The molecule has 3 aromatic rings. The zero-order valence-electron chi connectivity index (χ0n) is 12.6. The third kappa shape index (κ3) is 3.23. The number of hydrogen-bond acceptors (Lipinski definition) is 4. The third-order valence-electron chi connectivity index (χ3n) is 3.50. The van der Waals surface area contributed by atoms with Gasteiger partial charge in [0, 0.05) is 17.4 Å². The molecule has 0 spiro atoms. The molecule has 0 unspecified atom stereocenters. The molecule has 0 aliphatic rings. The van der Waals surface area contributed by atoms with E-state index in [4.69, 9.17) is 5.11 Å². The van der Waals surface area contributed by atoms with Crippen molar-refractivity contribution in [2.24, 2.45) is 0 Å². The van der Waals surface area contributed by atoms with Gasteiger partial charge in [0.2, 0.25) is 0 Å². The van der Waals surface area contributed by atoms with Crippen molar-refractivity contribution in [1.82, 2.24) is 4.98 Å². The van der Waals surface area contributed by atoms with Crippen LogP contribution in [0.15, 0.2) is 66.9 Å². The van der Waals surface area contributed by atoms with Crippen molar-refractivity contribution in [2.45, 2.75) is 0 Å². The van der Waals surface area contributed by atoms with Gasteiger partial charge in [0.05, 0.1) is 22.5 Å². The van der Waals surface area contributed by atoms with Crippen molar-refractivity contribution in [3.8, 4) is 17.3 Å². The number of hydrogen-bond donors (Lipinski definition) is 2. The van der Waals surface area contributed by atoms with Gasteiger partial charge in [-0.25, -0.2) is 4.79 Å². The number of anilines is 2. The van der Waals surface area contributed by atoms with Crippen molar-refractivity contribution in [2.75, 3.05) is 5.32 Å². The smallest absolute Gasteiger partial charge is 0.335 e. The van der Waals surface area contributed by atoms with Gasteiger partial charge in [0.15, 0.2) is 0 Å². The fraction of sp³-hybridized carbons (Fsp3) is 0. The van der Waals surface area contributed by atoms with E-state index in [-0.39, 0.29) is 5.56 Å². The van der Waals surface area contributed by atoms with Gasteiger partial charge in [0.1, 0.15) is 6.07 Å². The summed E-state index contributed by atoms with van der Waals surface area (Å²) in [5.74, 6) is -1.01. The molecule has 0 bridgehead atoms. The Morgan fingerprint density at radius 2 is 1.88 bits per heavy atom. The summed E-state index contributed by atoms with van der Waals surface area (Å²) in [5.41, 5.74) is 3.38. The SMILES string of the molecule is N#Cc1cc(-c2cc(C(=O)O)ccn2)ccc1Nc1ccccc1. The Morgan fingerprint density at radius 3 is 2.58 bits per heavy atom. The van der Waals surface area contributed by atoms with Crippen LogP contribution < -0.4 is 5.32 Å². The van der Waals surface area contributed by atoms with Crippen molar-refractivity contribution in [1.29, 1.82) is 5.26 Å². The van der Waals surface area contributed by atoms with Crippen LogP contribution in [0.5, 0.6) is 0 Å². The lowest BCUT2D eigenvalue weighted by atomic mass is 10.0. The lowest BCUT2D eigenvalue weighted by Gasteiger charge is -2.10. The summed E-state index contributed by atoms with van der Waals surface area (Å²) in [7, 11) is 0. The second-order valence-corrected chi connectivity index (χ2v) is 5.10. The molecular weight excluding hydrogens is 302 g/mol. The molecule has 0 aliphatic carbocycles. The molecule has 2 aromatic carbocycles. The van der Waals surface area contributed by atoms with Gasteiger partial charge in [-0.3, -0.25) is 4.98 Å². The number of carboxylic acids is 1. The normalized spacial score (nSPS) is 9.96. The average Bonchev–Trinajstić information content (AvgIpc) is 2.63. The Kier molecular flexibility index (Phi) is 4.21. The number of para-hydroxylation sites is 1. The molecule has 5 heteroatoms. The fourth-order valence-corrected chi connectivity index (χ4v) is 2.30. The molecule has 0 atom stereocenters. The minimum absolute atomic E-state index is 0.157. The molecule has 0 saturated heterocycles. The highest BCUT2D eigenvalue weighted by Gasteiger charge is 2.09. The first-order chi connectivity index (χ1) is 11.7. The van der Waals surface area contributed by atoms with E-state index in [2.05, 4.69) is 16.4 Å². The number of benzene rings is 2. The molecule has 0 amide bonds. The molecule has 1 heterocycles. The number of carbonyl (C=O) groups is 1. The number of aromatic carboxylic acids is 1. The molecule has 1 aromatic heterocycles. The molecule has 3 rings (SSSR count). The molecule has 24 heavy (non-hydrogen) atoms. The first-order valence-electron chi connectivity index (χ1n) is 7.23. The number of carboxylic acid groups (broad SMARTS) is 1. The predicted octanol–water partition coefficient (Wildman–Crippen LogP) is 4.06. The summed E-state index contributed by atoms with van der Waals surface area (Å²) in [6, 6.07) is 19.9. The maximum Gasteiger partial charge on any atom is 0.335 e. The first kappa shape index (κ1) is 15.3. The zero-order valence-corrected chi connectivity index (χ0v) is 12.6. The van der Waals surface area contributed by atoms with Crippen molar-refractivity contribution < 1.29 is 9.90 Å². The van der Waals surface area contributed by atoms with Crippen LogP contribution in [0.3, 0.4) is 0 Å². The number of nitriles is 1. The number of aromatic nitrogens is 1. The van der Waals surface area contributed by atoms with Gasteiger partial charge >= 0.3 is 5.97 Å². The Labute approximate surface area is 138 Å². The van der Waals surface area contributed by atoms with Crippen LogP contribution in [-0.4, -0.2) is 16.1 Å². The molecule has 0 saturated carbocycles. The van der Waals surface area contributed by atoms with E-state index < -0.39 is 5.97 Å². The van der Waals surface area contributed by atoms with Crippen molar-refractivity contribution >= 4 is 17.3 Å². The summed E-state index contributed by atoms with van der Waals surface area (Å²) in [5, 5.41) is 21.7. The zero-order chi connectivity index (χ0) is 16.9. The lowest BCUT2D eigenvalue weighted by Crippen LogP contribution is -1.98. The topological polar surface area (TPSA) is 86.0 Å². The molecule has 5 nitrogen and oxygen atoms in total. The summed E-state index contributed by atoms with van der Waals surface area (Å²) in [6.45, 7) is 0. The highest BCUT2D eigenvalue weighted by atomic mass is 16.4. The maximum atomic E-state index is 11.1. The van der Waals surface area contributed by atoms with Gasteiger partial charge in [-0.05, 0) is 36.4 Å². The van der Waals surface area contributed by atoms with E-state index in [0.29, 0.717) is 22.5 Å². The van der Waals surface area contributed by atoms with E-state index >= 15 is 0 Å². The average molecular weight is 315 g/mol. The Hall–Kier alpha value is -3.65. The molecule has 2 N–H and O–H groups in total. The van der Waals surface area contributed by atoms with E-state index in [1.807, 2.05) is 30.3 Å². The van der Waals surface area contributed by atoms with Crippen molar-refractivity contribution in [3.05, 3.63) is 78.0 Å². The molecule has 0 aliphatic heterocycles. The summed E-state index contributed by atoms with van der Waals surface area (Å²) in [6.07, 6.45) is 1.45. The molecule has 0 radical (unpaired) electrons. The summed E-state index contributed by atoms with van der Waals surface area (Å²) < 4.78 is 0. The molecule has 116 valence electrons. The predicted molar refractivity (Wildman–Crippen MR) is 91.1 cm³/mol. The Morgan fingerprint density at radius 1 is 1.08 bits per heavy atom. The maximum absolute atomic E-state index is 11.1. The second-order valence-electron chi connectivity index (χ2n) is 5.10. The fourth-order valence-electron chi connectivity index (χ4n) is 2.30. The highest BCUT2D eigenvalue weighted by molar-refractivity contribution is 5.89. The third-order valence-corrected chi connectivity index (χ3v) is 3.50. The van der Waals surface area contributed by atoms with Crippen LogP contribution in [-0.2, 0) is 0 Å². The Bertz CT molecular complexity index is 931. The van der Waals surface area contributed by atoms with Gasteiger partial charge in [-0.2, -0.15) is 5.26 Å². The van der Waals surface area contributed by atoms with Gasteiger partial charge in [0.25, 0.3) is 0 Å². The summed E-state index contributed by atoms with van der Waals surface area (Å²) in [4.78, 5) is 15.3. The highest BCUT2D eigenvalue weighted by Crippen LogP contribution is 2.26. The van der Waals surface area contributed by atoms with E-state index in [9.17, 15) is 10.1 Å². The van der Waals surface area contributed by atoms with E-state index in [1.54, 1.807) is 18.2 Å². The van der Waals surface area contributed by atoms with Gasteiger partial charge in [-0.1, -0.05) is 24.3 Å². The van der Waals surface area contributed by atoms with Crippen LogP contribution in [0.25, 0.3) is 11.3 Å².